The molecule has 1 aromatic carbocycles. The van der Waals surface area contributed by atoms with E-state index in [4.69, 9.17) is 0 Å². The van der Waals surface area contributed by atoms with Gasteiger partial charge in [0.05, 0.1) is 10.2 Å². The van der Waals surface area contributed by atoms with Gasteiger partial charge in [-0.25, -0.2) is 0 Å². The number of nitrogens with one attached hydrogen (secondary N) is 1. The summed E-state index contributed by atoms with van der Waals surface area (Å²) in [6.45, 7) is 6.43. The van der Waals surface area contributed by atoms with Crippen LogP contribution >= 0.6 is 23.7 Å². The minimum Gasteiger partial charge on any atom is -0.312 e. The number of hydrogen-bond donors (Lipinski definition) is 1. The fraction of sp³-hybridized carbons (Fsp3) is 0.500. The number of nitrogens with zero attached hydrogens (tertiary/aromatic N) is 2. The average Bonchev–Trinajstić information content (AvgIpc) is 2.65. The normalized spacial score (nSPS) is 20.0. The smallest absolute Gasteiger partial charge is 0.307 e. The van der Waals surface area contributed by atoms with E-state index >= 15 is 0 Å². The lowest BCUT2D eigenvalue weighted by molar-refractivity contribution is 0.200. The molecule has 110 valence electrons. The van der Waals surface area contributed by atoms with Crippen molar-refractivity contribution in [3.63, 3.8) is 0 Å². The molecule has 2 heterocycles. The monoisotopic (exact) mass is 313 g/mol. The zero-order valence-electron chi connectivity index (χ0n) is 11.8. The Balaban J connectivity index is 0.00000147. The van der Waals surface area contributed by atoms with Gasteiger partial charge in [-0.3, -0.25) is 9.69 Å². The molecule has 3 rings (SSSR count). The number of fused-ring (bicyclic) bond motifs is 1. The molecule has 0 saturated carbocycles. The topological polar surface area (TPSA) is 37.3 Å². The zero-order valence-corrected chi connectivity index (χ0v) is 13.4. The quantitative estimate of drug-likeness (QED) is 0.919. The lowest BCUT2D eigenvalue weighted by Crippen LogP contribution is -2.48. The van der Waals surface area contributed by atoms with E-state index in [1.807, 2.05) is 7.05 Å². The maximum absolute atomic E-state index is 11.6. The SMILES string of the molecule is C[C@@H]1CN(Cc2ccc3c(c2)sc(=O)n3C)CCN1.Cl. The largest absolute Gasteiger partial charge is 0.312 e. The first kappa shape index (κ1) is 15.5. The number of rotatable bonds is 2. The summed E-state index contributed by atoms with van der Waals surface area (Å²) in [6, 6.07) is 6.92. The van der Waals surface area contributed by atoms with Crippen LogP contribution in [-0.4, -0.2) is 35.1 Å². The van der Waals surface area contributed by atoms with Gasteiger partial charge in [0.2, 0.25) is 0 Å². The molecular formula is C14H20ClN3OS. The van der Waals surface area contributed by atoms with E-state index in [9.17, 15) is 4.79 Å². The van der Waals surface area contributed by atoms with Gasteiger partial charge in [0, 0.05) is 39.3 Å². The second kappa shape index (κ2) is 6.26. The maximum Gasteiger partial charge on any atom is 0.307 e. The Morgan fingerprint density at radius 1 is 1.45 bits per heavy atom. The molecular weight excluding hydrogens is 294 g/mol. The summed E-state index contributed by atoms with van der Waals surface area (Å²) in [5.41, 5.74) is 2.33. The van der Waals surface area contributed by atoms with Crippen molar-refractivity contribution in [2.45, 2.75) is 19.5 Å². The van der Waals surface area contributed by atoms with E-state index in [-0.39, 0.29) is 17.3 Å². The van der Waals surface area contributed by atoms with Gasteiger partial charge in [-0.15, -0.1) is 12.4 Å². The maximum atomic E-state index is 11.6. The number of hydrogen-bond acceptors (Lipinski definition) is 4. The molecule has 0 spiro atoms. The van der Waals surface area contributed by atoms with Crippen LogP contribution in [0.3, 0.4) is 0 Å². The summed E-state index contributed by atoms with van der Waals surface area (Å²) in [6.07, 6.45) is 0. The number of aryl methyl sites for hydroxylation is 1. The third kappa shape index (κ3) is 3.06. The lowest BCUT2D eigenvalue weighted by Gasteiger charge is -2.31. The number of aromatic nitrogens is 1. The highest BCUT2D eigenvalue weighted by molar-refractivity contribution is 7.16. The van der Waals surface area contributed by atoms with Gasteiger partial charge in [-0.1, -0.05) is 17.4 Å². The molecule has 0 unspecified atom stereocenters. The van der Waals surface area contributed by atoms with E-state index in [1.54, 1.807) is 4.57 Å². The Labute approximate surface area is 128 Å². The minimum absolute atomic E-state index is 0. The molecule has 1 aromatic heterocycles. The van der Waals surface area contributed by atoms with E-state index in [0.29, 0.717) is 6.04 Å². The fourth-order valence-corrected chi connectivity index (χ4v) is 3.63. The number of benzene rings is 1. The average molecular weight is 314 g/mol. The van der Waals surface area contributed by atoms with Gasteiger partial charge in [0.25, 0.3) is 0 Å². The predicted octanol–water partition coefficient (Wildman–Crippen LogP) is 1.82. The molecule has 0 aliphatic carbocycles. The molecule has 0 amide bonds. The fourth-order valence-electron chi connectivity index (χ4n) is 2.69. The van der Waals surface area contributed by atoms with Crippen LogP contribution in [0.15, 0.2) is 23.0 Å². The highest BCUT2D eigenvalue weighted by Crippen LogP contribution is 2.19. The lowest BCUT2D eigenvalue weighted by atomic mass is 10.1. The summed E-state index contributed by atoms with van der Waals surface area (Å²) in [7, 11) is 1.83. The van der Waals surface area contributed by atoms with Crippen LogP contribution in [0.4, 0.5) is 0 Å². The Morgan fingerprint density at radius 3 is 3.00 bits per heavy atom. The van der Waals surface area contributed by atoms with Crippen LogP contribution < -0.4 is 10.2 Å². The van der Waals surface area contributed by atoms with E-state index < -0.39 is 0 Å². The number of halogens is 1. The van der Waals surface area contributed by atoms with Gasteiger partial charge in [-0.05, 0) is 24.6 Å². The molecule has 1 atom stereocenters. The van der Waals surface area contributed by atoms with Gasteiger partial charge in [-0.2, -0.15) is 0 Å². The van der Waals surface area contributed by atoms with Gasteiger partial charge >= 0.3 is 4.87 Å². The van der Waals surface area contributed by atoms with Gasteiger partial charge in [0.1, 0.15) is 0 Å². The van der Waals surface area contributed by atoms with Crippen LogP contribution in [0.2, 0.25) is 0 Å². The third-order valence-electron chi connectivity index (χ3n) is 3.72. The van der Waals surface area contributed by atoms with Crippen LogP contribution in [0.1, 0.15) is 12.5 Å². The molecule has 20 heavy (non-hydrogen) atoms. The first-order chi connectivity index (χ1) is 9.13. The van der Waals surface area contributed by atoms with Crippen LogP contribution in [0.25, 0.3) is 10.2 Å². The molecule has 1 N–H and O–H groups in total. The number of thiazole rings is 1. The van der Waals surface area contributed by atoms with E-state index in [1.165, 1.54) is 16.9 Å². The Kier molecular flexibility index (Phi) is 4.86. The van der Waals surface area contributed by atoms with E-state index in [0.717, 1.165) is 36.4 Å². The number of piperazine rings is 1. The highest BCUT2D eigenvalue weighted by atomic mass is 35.5. The van der Waals surface area contributed by atoms with Crippen LogP contribution in [0.5, 0.6) is 0 Å². The van der Waals surface area contributed by atoms with Crippen molar-refractivity contribution < 1.29 is 0 Å². The highest BCUT2D eigenvalue weighted by Gasteiger charge is 2.15. The van der Waals surface area contributed by atoms with Crippen molar-refractivity contribution in [1.29, 1.82) is 0 Å². The molecule has 2 aromatic rings. The first-order valence-corrected chi connectivity index (χ1v) is 7.49. The molecule has 1 aliphatic rings. The summed E-state index contributed by atoms with van der Waals surface area (Å²) < 4.78 is 2.81. The van der Waals surface area contributed by atoms with Crippen LogP contribution in [-0.2, 0) is 13.6 Å². The summed E-state index contributed by atoms with van der Waals surface area (Å²) in [5.74, 6) is 0. The molecule has 6 heteroatoms. The second-order valence-corrected chi connectivity index (χ2v) is 6.31. The predicted molar refractivity (Wildman–Crippen MR) is 87.1 cm³/mol. The van der Waals surface area contributed by atoms with Gasteiger partial charge < -0.3 is 9.88 Å². The molecule has 1 fully saturated rings. The summed E-state index contributed by atoms with van der Waals surface area (Å²) in [4.78, 5) is 14.2. The van der Waals surface area contributed by atoms with Crippen molar-refractivity contribution in [1.82, 2.24) is 14.8 Å². The summed E-state index contributed by atoms with van der Waals surface area (Å²) >= 11 is 1.33. The van der Waals surface area contributed by atoms with Crippen molar-refractivity contribution in [2.75, 3.05) is 19.6 Å². The van der Waals surface area contributed by atoms with Gasteiger partial charge in [0.15, 0.2) is 0 Å². The third-order valence-corrected chi connectivity index (χ3v) is 4.71. The molecule has 0 radical (unpaired) electrons. The minimum atomic E-state index is 0. The standard InChI is InChI=1S/C14H19N3OS.ClH/c1-10-8-17(6-5-15-10)9-11-3-4-12-13(7-11)19-14(18)16(12)2;/h3-4,7,10,15H,5-6,8-9H2,1-2H3;1H/t10-;/m1./s1. The zero-order chi connectivity index (χ0) is 13.4. The van der Waals surface area contributed by atoms with E-state index in [2.05, 4.69) is 35.3 Å². The molecule has 1 saturated heterocycles. The first-order valence-electron chi connectivity index (χ1n) is 6.67. The van der Waals surface area contributed by atoms with Crippen molar-refractivity contribution in [2.24, 2.45) is 7.05 Å². The molecule has 4 nitrogen and oxygen atoms in total. The second-order valence-electron chi connectivity index (χ2n) is 5.32. The summed E-state index contributed by atoms with van der Waals surface area (Å²) in [5, 5.41) is 3.45. The van der Waals surface area contributed by atoms with Crippen LogP contribution in [0, 0.1) is 0 Å². The van der Waals surface area contributed by atoms with Crippen molar-refractivity contribution >= 4 is 34.0 Å². The Hall–Kier alpha value is -0.880. The Morgan fingerprint density at radius 2 is 2.25 bits per heavy atom. The van der Waals surface area contributed by atoms with Crippen molar-refractivity contribution in [3.05, 3.63) is 33.4 Å². The Bertz CT molecular complexity index is 651. The molecule has 1 aliphatic heterocycles. The van der Waals surface area contributed by atoms with Crippen molar-refractivity contribution in [3.8, 4) is 0 Å². The molecule has 0 bridgehead atoms.